The molecular formula is C30H46O5. The van der Waals surface area contributed by atoms with E-state index in [-0.39, 0.29) is 0 Å². The first-order valence-corrected chi connectivity index (χ1v) is 14.1. The lowest BCUT2D eigenvalue weighted by Gasteiger charge is -2.35. The van der Waals surface area contributed by atoms with Crippen LogP contribution in [-0.4, -0.2) is 38.0 Å². The van der Waals surface area contributed by atoms with Crippen molar-refractivity contribution in [1.82, 2.24) is 0 Å². The minimum atomic E-state index is 0.360. The van der Waals surface area contributed by atoms with E-state index < -0.39 is 0 Å². The number of ether oxygens (including phenoxy) is 4. The predicted molar refractivity (Wildman–Crippen MR) is 138 cm³/mol. The first kappa shape index (κ1) is 26.5. The van der Waals surface area contributed by atoms with Gasteiger partial charge in [0.15, 0.2) is 11.5 Å². The molecule has 4 unspecified atom stereocenters. The predicted octanol–water partition coefficient (Wildman–Crippen LogP) is 7.11. The summed E-state index contributed by atoms with van der Waals surface area (Å²) >= 11 is 0. The van der Waals surface area contributed by atoms with Gasteiger partial charge in [0.25, 0.3) is 0 Å². The molecule has 2 heterocycles. The molecule has 4 saturated carbocycles. The van der Waals surface area contributed by atoms with Crippen LogP contribution in [0.5, 0.6) is 11.5 Å². The Balaban J connectivity index is 0.000000111. The summed E-state index contributed by atoms with van der Waals surface area (Å²) < 4.78 is 21.3. The molecule has 5 fully saturated rings. The third-order valence-electron chi connectivity index (χ3n) is 8.65. The lowest BCUT2D eigenvalue weighted by Crippen LogP contribution is -2.40. The monoisotopic (exact) mass is 486 g/mol. The van der Waals surface area contributed by atoms with Crippen LogP contribution in [0, 0.1) is 17.3 Å². The molecular weight excluding hydrogens is 440 g/mol. The van der Waals surface area contributed by atoms with E-state index >= 15 is 0 Å². The molecule has 6 aliphatic rings. The van der Waals surface area contributed by atoms with E-state index in [1.165, 1.54) is 57.8 Å². The van der Waals surface area contributed by atoms with Gasteiger partial charge < -0.3 is 18.9 Å². The Kier molecular flexibility index (Phi) is 9.91. The first-order valence-electron chi connectivity index (χ1n) is 14.1. The molecule has 1 aromatic rings. The van der Waals surface area contributed by atoms with Crippen molar-refractivity contribution >= 4 is 5.78 Å². The summed E-state index contributed by atoms with van der Waals surface area (Å²) in [6, 6.07) is 7.63. The summed E-state index contributed by atoms with van der Waals surface area (Å²) in [5.41, 5.74) is 0.747. The van der Waals surface area contributed by atoms with Crippen molar-refractivity contribution in [3.8, 4) is 11.5 Å². The van der Waals surface area contributed by atoms with Gasteiger partial charge in [0.2, 0.25) is 6.79 Å². The van der Waals surface area contributed by atoms with E-state index in [0.29, 0.717) is 24.8 Å². The fourth-order valence-corrected chi connectivity index (χ4v) is 6.37. The number of hydrogen-bond acceptors (Lipinski definition) is 5. The number of benzene rings is 1. The smallest absolute Gasteiger partial charge is 0.231 e. The molecule has 5 nitrogen and oxygen atoms in total. The van der Waals surface area contributed by atoms with Crippen LogP contribution in [0.15, 0.2) is 24.3 Å². The van der Waals surface area contributed by atoms with Gasteiger partial charge in [0, 0.05) is 12.8 Å². The van der Waals surface area contributed by atoms with Crippen LogP contribution in [0.25, 0.3) is 0 Å². The molecule has 0 radical (unpaired) electrons. The van der Waals surface area contributed by atoms with E-state index in [9.17, 15) is 4.79 Å². The molecule has 1 aromatic carbocycles. The number of rotatable bonds is 0. The number of fused-ring (bicyclic) bond motifs is 3. The summed E-state index contributed by atoms with van der Waals surface area (Å²) in [6.07, 6.45) is 17.2. The highest BCUT2D eigenvalue weighted by Crippen LogP contribution is 2.64. The molecule has 0 aromatic heterocycles. The van der Waals surface area contributed by atoms with Crippen molar-refractivity contribution in [2.45, 2.75) is 110 Å². The molecule has 4 atom stereocenters. The van der Waals surface area contributed by atoms with Crippen molar-refractivity contribution in [1.29, 1.82) is 0 Å². The number of para-hydroxylation sites is 2. The zero-order valence-corrected chi connectivity index (χ0v) is 22.0. The summed E-state index contributed by atoms with van der Waals surface area (Å²) in [5.74, 6) is 4.39. The van der Waals surface area contributed by atoms with Gasteiger partial charge in [-0.2, -0.15) is 0 Å². The van der Waals surface area contributed by atoms with Crippen molar-refractivity contribution in [2.24, 2.45) is 17.3 Å². The van der Waals surface area contributed by atoms with Gasteiger partial charge in [-0.3, -0.25) is 4.79 Å². The van der Waals surface area contributed by atoms with Crippen LogP contribution in [0.1, 0.15) is 97.3 Å². The molecule has 0 amide bonds. The molecule has 35 heavy (non-hydrogen) atoms. The van der Waals surface area contributed by atoms with Gasteiger partial charge in [-0.15, -0.1) is 0 Å². The molecule has 0 spiro atoms. The van der Waals surface area contributed by atoms with E-state index in [1.54, 1.807) is 0 Å². The second kappa shape index (κ2) is 13.1. The minimum absolute atomic E-state index is 0.360. The van der Waals surface area contributed by atoms with Crippen LogP contribution in [0.2, 0.25) is 0 Å². The zero-order chi connectivity index (χ0) is 24.5. The summed E-state index contributed by atoms with van der Waals surface area (Å²) in [7, 11) is 0. The number of carbonyl (C=O) groups excluding carboxylic acids is 1. The summed E-state index contributed by atoms with van der Waals surface area (Å²) in [6.45, 7) is 6.85. The maximum atomic E-state index is 10.5. The average Bonchev–Trinajstić information content (AvgIpc) is 3.22. The lowest BCUT2D eigenvalue weighted by atomic mass is 9.94. The minimum Gasteiger partial charge on any atom is -0.454 e. The van der Waals surface area contributed by atoms with Crippen molar-refractivity contribution in [2.75, 3.05) is 20.0 Å². The van der Waals surface area contributed by atoms with Crippen molar-refractivity contribution in [3.05, 3.63) is 24.3 Å². The third kappa shape index (κ3) is 7.69. The van der Waals surface area contributed by atoms with Crippen LogP contribution in [-0.2, 0) is 14.3 Å². The lowest BCUT2D eigenvalue weighted by molar-refractivity contribution is -0.153. The second-order valence-electron chi connectivity index (χ2n) is 11.4. The van der Waals surface area contributed by atoms with Crippen LogP contribution < -0.4 is 9.47 Å². The van der Waals surface area contributed by atoms with E-state index in [4.69, 9.17) is 18.9 Å². The number of Topliss-reactive ketones (excluding diaryl/α,β-unsaturated/α-hetero) is 1. The molecule has 196 valence electrons. The Morgan fingerprint density at radius 1 is 0.686 bits per heavy atom. The van der Waals surface area contributed by atoms with Gasteiger partial charge in [0.1, 0.15) is 5.78 Å². The van der Waals surface area contributed by atoms with Crippen molar-refractivity contribution in [3.63, 3.8) is 0 Å². The first-order chi connectivity index (χ1) is 17.1. The fourth-order valence-electron chi connectivity index (χ4n) is 6.37. The molecule has 4 aliphatic carbocycles. The van der Waals surface area contributed by atoms with Crippen LogP contribution in [0.3, 0.4) is 0 Å². The van der Waals surface area contributed by atoms with Crippen LogP contribution >= 0.6 is 0 Å². The molecule has 0 bridgehead atoms. The SMILES string of the molecule is C1CCC2OCCOC2C1.CC1(C)C2CCCCC21.O=C1CCCCC1.c1ccc2c(c1)OCO2. The van der Waals surface area contributed by atoms with Gasteiger partial charge in [-0.1, -0.05) is 58.1 Å². The number of carbonyl (C=O) groups is 1. The Labute approximate surface area is 212 Å². The van der Waals surface area contributed by atoms with E-state index in [0.717, 1.165) is 67.6 Å². The Morgan fingerprint density at radius 3 is 1.60 bits per heavy atom. The van der Waals surface area contributed by atoms with Crippen LogP contribution in [0.4, 0.5) is 0 Å². The molecule has 2 aliphatic heterocycles. The molecule has 1 saturated heterocycles. The van der Waals surface area contributed by atoms with Gasteiger partial charge in [-0.25, -0.2) is 0 Å². The third-order valence-corrected chi connectivity index (χ3v) is 8.65. The average molecular weight is 487 g/mol. The normalized spacial score (nSPS) is 31.5. The Hall–Kier alpha value is -1.59. The van der Waals surface area contributed by atoms with Gasteiger partial charge in [0.05, 0.1) is 25.4 Å². The fraction of sp³-hybridized carbons (Fsp3) is 0.767. The quantitative estimate of drug-likeness (QED) is 0.391. The molecule has 0 N–H and O–H groups in total. The van der Waals surface area contributed by atoms with E-state index in [2.05, 4.69) is 13.8 Å². The highest BCUT2D eigenvalue weighted by Gasteiger charge is 2.57. The van der Waals surface area contributed by atoms with Gasteiger partial charge in [-0.05, 0) is 67.9 Å². The number of hydrogen-bond donors (Lipinski definition) is 0. The van der Waals surface area contributed by atoms with E-state index in [1.807, 2.05) is 24.3 Å². The molecule has 5 heteroatoms. The van der Waals surface area contributed by atoms with Crippen molar-refractivity contribution < 1.29 is 23.7 Å². The Morgan fingerprint density at radius 2 is 1.17 bits per heavy atom. The number of ketones is 1. The highest BCUT2D eigenvalue weighted by molar-refractivity contribution is 5.78. The zero-order valence-electron chi connectivity index (χ0n) is 22.0. The highest BCUT2D eigenvalue weighted by atomic mass is 16.7. The standard InChI is InChI=1S/C9H16.C8H14O2.C7H6O2.C6H10O/c1-9(2)7-5-3-4-6-8(7)9;1-2-4-8-7(3-1)9-5-6-10-8;1-2-4-7-6(3-1)8-5-9-7;7-6-4-2-1-3-5-6/h7-8H,3-6H2,1-2H3;7-8H,1-6H2;1-4H,5H2;1-5H2. The maximum Gasteiger partial charge on any atom is 0.231 e. The second-order valence-corrected chi connectivity index (χ2v) is 11.4. The largest absolute Gasteiger partial charge is 0.454 e. The molecule has 7 rings (SSSR count). The van der Waals surface area contributed by atoms with Gasteiger partial charge >= 0.3 is 0 Å². The maximum absolute atomic E-state index is 10.5. The summed E-state index contributed by atoms with van der Waals surface area (Å²) in [4.78, 5) is 10.5. The topological polar surface area (TPSA) is 54.0 Å². The summed E-state index contributed by atoms with van der Waals surface area (Å²) in [5, 5.41) is 0. The Bertz CT molecular complexity index is 720.